The van der Waals surface area contributed by atoms with Crippen LogP contribution in [-0.4, -0.2) is 0 Å². The first-order valence-corrected chi connectivity index (χ1v) is 7.07. The predicted molar refractivity (Wildman–Crippen MR) is 81.5 cm³/mol. The quantitative estimate of drug-likeness (QED) is 0.421. The summed E-state index contributed by atoms with van der Waals surface area (Å²) < 4.78 is 0. The van der Waals surface area contributed by atoms with Gasteiger partial charge in [0.25, 0.3) is 0 Å². The Morgan fingerprint density at radius 1 is 0.833 bits per heavy atom. The van der Waals surface area contributed by atoms with Crippen LogP contribution in [0.4, 0.5) is 0 Å². The number of benzene rings is 2. The van der Waals surface area contributed by atoms with Gasteiger partial charge in [0.2, 0.25) is 0 Å². The van der Waals surface area contributed by atoms with E-state index in [4.69, 9.17) is 58.0 Å². The first-order valence-electron chi connectivity index (χ1n) is 5.03. The van der Waals surface area contributed by atoms with Gasteiger partial charge in [-0.1, -0.05) is 52.5 Å². The molecule has 18 heavy (non-hydrogen) atoms. The smallest absolute Gasteiger partial charge is 0.0685 e. The Bertz CT molecular complexity index is 592. The van der Waals surface area contributed by atoms with E-state index in [-0.39, 0.29) is 0 Å². The minimum absolute atomic E-state index is 0.339. The standard InChI is InChI=1S/C13H7Cl5/c14-6-7-1-2-8(15)5-9(7)12-10(16)3-4-11(17)13(12)18/h1-5H,6H2. The third kappa shape index (κ3) is 2.74. The van der Waals surface area contributed by atoms with E-state index in [0.29, 0.717) is 31.5 Å². The normalized spacial score (nSPS) is 10.7. The summed E-state index contributed by atoms with van der Waals surface area (Å²) in [4.78, 5) is 0. The highest BCUT2D eigenvalue weighted by Gasteiger charge is 2.15. The van der Waals surface area contributed by atoms with Crippen molar-refractivity contribution in [3.05, 3.63) is 56.0 Å². The second kappa shape index (κ2) is 5.90. The molecule has 0 fully saturated rings. The SMILES string of the molecule is ClCc1ccc(Cl)cc1-c1c(Cl)ccc(Cl)c1Cl. The molecular formula is C13H7Cl5. The molecule has 2 aromatic carbocycles. The highest BCUT2D eigenvalue weighted by atomic mass is 35.5. The Balaban J connectivity index is 2.76. The minimum atomic E-state index is 0.339. The molecule has 0 nitrogen and oxygen atoms in total. The molecule has 5 heteroatoms. The first kappa shape index (κ1) is 14.3. The molecule has 0 unspecified atom stereocenters. The molecule has 0 aromatic heterocycles. The molecular weight excluding hydrogens is 333 g/mol. The van der Waals surface area contributed by atoms with Gasteiger partial charge in [0, 0.05) is 16.5 Å². The van der Waals surface area contributed by atoms with Gasteiger partial charge in [0.05, 0.1) is 15.1 Å². The number of hydrogen-bond acceptors (Lipinski definition) is 0. The topological polar surface area (TPSA) is 0 Å². The van der Waals surface area contributed by atoms with Gasteiger partial charge in [-0.15, -0.1) is 11.6 Å². The summed E-state index contributed by atoms with van der Waals surface area (Å²) in [5.74, 6) is 0.339. The van der Waals surface area contributed by atoms with Gasteiger partial charge in [-0.05, 0) is 35.4 Å². The molecule has 0 radical (unpaired) electrons. The van der Waals surface area contributed by atoms with Crippen LogP contribution in [0.3, 0.4) is 0 Å². The average molecular weight is 340 g/mol. The summed E-state index contributed by atoms with van der Waals surface area (Å²) in [6, 6.07) is 8.75. The van der Waals surface area contributed by atoms with Crippen LogP contribution in [0.5, 0.6) is 0 Å². The van der Waals surface area contributed by atoms with E-state index in [2.05, 4.69) is 0 Å². The van der Waals surface area contributed by atoms with Crippen LogP contribution in [0.25, 0.3) is 11.1 Å². The van der Waals surface area contributed by atoms with Crippen molar-refractivity contribution in [2.24, 2.45) is 0 Å². The second-order valence-corrected chi connectivity index (χ2v) is 5.55. The Morgan fingerprint density at radius 3 is 2.17 bits per heavy atom. The second-order valence-electron chi connectivity index (χ2n) is 3.65. The van der Waals surface area contributed by atoms with Crippen molar-refractivity contribution < 1.29 is 0 Å². The van der Waals surface area contributed by atoms with Crippen LogP contribution in [-0.2, 0) is 5.88 Å². The first-order chi connectivity index (χ1) is 8.54. The molecule has 0 heterocycles. The molecule has 0 aliphatic rings. The van der Waals surface area contributed by atoms with E-state index >= 15 is 0 Å². The van der Waals surface area contributed by atoms with E-state index in [0.717, 1.165) is 11.1 Å². The molecule has 0 atom stereocenters. The molecule has 0 aliphatic heterocycles. The minimum Gasteiger partial charge on any atom is -0.122 e. The van der Waals surface area contributed by atoms with Gasteiger partial charge in [-0.3, -0.25) is 0 Å². The Labute approximate surface area is 130 Å². The van der Waals surface area contributed by atoms with Crippen molar-refractivity contribution in [1.29, 1.82) is 0 Å². The molecule has 0 saturated heterocycles. The zero-order chi connectivity index (χ0) is 13.3. The summed E-state index contributed by atoms with van der Waals surface area (Å²) >= 11 is 30.3. The summed E-state index contributed by atoms with van der Waals surface area (Å²) in [5.41, 5.74) is 2.35. The Kier molecular flexibility index (Phi) is 4.69. The Morgan fingerprint density at radius 2 is 1.50 bits per heavy atom. The molecule has 0 amide bonds. The maximum atomic E-state index is 6.21. The van der Waals surface area contributed by atoms with Crippen LogP contribution in [0.2, 0.25) is 20.1 Å². The van der Waals surface area contributed by atoms with E-state index < -0.39 is 0 Å². The number of rotatable bonds is 2. The molecule has 94 valence electrons. The number of alkyl halides is 1. The van der Waals surface area contributed by atoms with Gasteiger partial charge in [-0.25, -0.2) is 0 Å². The molecule has 2 rings (SSSR count). The molecule has 0 aliphatic carbocycles. The molecule has 0 saturated carbocycles. The van der Waals surface area contributed by atoms with Crippen molar-refractivity contribution in [2.45, 2.75) is 5.88 Å². The largest absolute Gasteiger partial charge is 0.122 e. The molecule has 0 bridgehead atoms. The Hall–Kier alpha value is -0.110. The monoisotopic (exact) mass is 338 g/mol. The lowest BCUT2D eigenvalue weighted by Crippen LogP contribution is -1.89. The van der Waals surface area contributed by atoms with E-state index in [9.17, 15) is 0 Å². The lowest BCUT2D eigenvalue weighted by Gasteiger charge is -2.12. The van der Waals surface area contributed by atoms with Crippen LogP contribution < -0.4 is 0 Å². The molecule has 0 N–H and O–H groups in total. The van der Waals surface area contributed by atoms with Crippen LogP contribution in [0, 0.1) is 0 Å². The zero-order valence-corrected chi connectivity index (χ0v) is 12.8. The highest BCUT2D eigenvalue weighted by Crippen LogP contribution is 2.41. The lowest BCUT2D eigenvalue weighted by atomic mass is 10.0. The fraction of sp³-hybridized carbons (Fsp3) is 0.0769. The zero-order valence-electron chi connectivity index (χ0n) is 8.98. The molecule has 0 spiro atoms. The van der Waals surface area contributed by atoms with E-state index in [1.54, 1.807) is 24.3 Å². The average Bonchev–Trinajstić information content (AvgIpc) is 2.35. The fourth-order valence-corrected chi connectivity index (χ4v) is 2.81. The maximum Gasteiger partial charge on any atom is 0.0685 e. The van der Waals surface area contributed by atoms with Gasteiger partial charge in [0.15, 0.2) is 0 Å². The predicted octanol–water partition coefficient (Wildman–Crippen LogP) is 6.71. The maximum absolute atomic E-state index is 6.21. The van der Waals surface area contributed by atoms with Crippen molar-refractivity contribution in [3.63, 3.8) is 0 Å². The van der Waals surface area contributed by atoms with Crippen LogP contribution in [0.1, 0.15) is 5.56 Å². The van der Waals surface area contributed by atoms with Gasteiger partial charge < -0.3 is 0 Å². The van der Waals surface area contributed by atoms with Gasteiger partial charge in [-0.2, -0.15) is 0 Å². The summed E-state index contributed by atoms with van der Waals surface area (Å²) in [6.45, 7) is 0. The van der Waals surface area contributed by atoms with Crippen molar-refractivity contribution in [2.75, 3.05) is 0 Å². The van der Waals surface area contributed by atoms with Gasteiger partial charge in [0.1, 0.15) is 0 Å². The van der Waals surface area contributed by atoms with Crippen molar-refractivity contribution in [1.82, 2.24) is 0 Å². The lowest BCUT2D eigenvalue weighted by molar-refractivity contribution is 1.40. The third-order valence-corrected chi connectivity index (χ3v) is 4.17. The van der Waals surface area contributed by atoms with Crippen molar-refractivity contribution in [3.8, 4) is 11.1 Å². The van der Waals surface area contributed by atoms with Crippen LogP contribution >= 0.6 is 58.0 Å². The number of hydrogen-bond donors (Lipinski definition) is 0. The van der Waals surface area contributed by atoms with Crippen molar-refractivity contribution >= 4 is 58.0 Å². The summed E-state index contributed by atoms with van der Waals surface area (Å²) in [6.07, 6.45) is 0. The fourth-order valence-electron chi connectivity index (χ4n) is 1.67. The van der Waals surface area contributed by atoms with E-state index in [1.807, 2.05) is 6.07 Å². The van der Waals surface area contributed by atoms with Gasteiger partial charge >= 0.3 is 0 Å². The third-order valence-electron chi connectivity index (χ3n) is 2.53. The number of halogens is 5. The highest BCUT2D eigenvalue weighted by molar-refractivity contribution is 6.46. The summed E-state index contributed by atoms with van der Waals surface area (Å²) in [7, 11) is 0. The van der Waals surface area contributed by atoms with E-state index in [1.165, 1.54) is 0 Å². The van der Waals surface area contributed by atoms with Crippen LogP contribution in [0.15, 0.2) is 30.3 Å². The summed E-state index contributed by atoms with van der Waals surface area (Å²) in [5, 5.41) is 1.94. The molecule has 2 aromatic rings.